The van der Waals surface area contributed by atoms with E-state index in [4.69, 9.17) is 13.9 Å². The van der Waals surface area contributed by atoms with E-state index in [2.05, 4.69) is 10.1 Å². The third-order valence-corrected chi connectivity index (χ3v) is 5.36. The van der Waals surface area contributed by atoms with Gasteiger partial charge >= 0.3 is 12.0 Å². The molecule has 4 rings (SSSR count). The topological polar surface area (TPSA) is 150 Å². The zero-order valence-corrected chi connectivity index (χ0v) is 19.8. The number of benzene rings is 2. The van der Waals surface area contributed by atoms with E-state index in [0.29, 0.717) is 17.1 Å². The molecule has 0 spiro atoms. The first kappa shape index (κ1) is 25.0. The molecule has 3 aromatic rings. The van der Waals surface area contributed by atoms with Gasteiger partial charge in [-0.1, -0.05) is 6.07 Å². The highest BCUT2D eigenvalue weighted by molar-refractivity contribution is 6.13. The number of esters is 1. The fraction of sp³-hybridized carbons (Fsp3) is 0.160. The Labute approximate surface area is 210 Å². The van der Waals surface area contributed by atoms with Gasteiger partial charge in [0.25, 0.3) is 11.6 Å². The van der Waals surface area contributed by atoms with Gasteiger partial charge in [0.05, 0.1) is 25.7 Å². The van der Waals surface area contributed by atoms with Crippen LogP contribution in [0.2, 0.25) is 0 Å². The van der Waals surface area contributed by atoms with Crippen molar-refractivity contribution in [3.8, 4) is 11.5 Å². The van der Waals surface area contributed by atoms with E-state index in [1.54, 1.807) is 30.3 Å². The Hall–Kier alpha value is -5.13. The second-order valence-corrected chi connectivity index (χ2v) is 7.76. The van der Waals surface area contributed by atoms with Crippen LogP contribution in [-0.4, -0.2) is 42.0 Å². The molecule has 1 aromatic heterocycles. The summed E-state index contributed by atoms with van der Waals surface area (Å²) in [6.07, 6.45) is 1.49. The molecule has 0 aliphatic carbocycles. The number of imide groups is 1. The lowest BCUT2D eigenvalue weighted by atomic mass is 10.1. The summed E-state index contributed by atoms with van der Waals surface area (Å²) in [6.45, 7) is -0.0134. The predicted molar refractivity (Wildman–Crippen MR) is 128 cm³/mol. The maximum atomic E-state index is 12.8. The summed E-state index contributed by atoms with van der Waals surface area (Å²) in [6, 6.07) is 13.2. The normalized spacial score (nSPS) is 14.0. The van der Waals surface area contributed by atoms with Gasteiger partial charge < -0.3 is 23.9 Å². The Bertz CT molecular complexity index is 1390. The van der Waals surface area contributed by atoms with E-state index in [-0.39, 0.29) is 36.1 Å². The summed E-state index contributed by atoms with van der Waals surface area (Å²) in [4.78, 5) is 48.0. The highest BCUT2D eigenvalue weighted by atomic mass is 16.6. The van der Waals surface area contributed by atoms with Crippen molar-refractivity contribution in [1.82, 2.24) is 10.2 Å². The predicted octanol–water partition coefficient (Wildman–Crippen LogP) is 3.65. The molecule has 1 aliphatic heterocycles. The maximum Gasteiger partial charge on any atom is 0.373 e. The number of ether oxygens (including phenoxy) is 3. The second kappa shape index (κ2) is 10.6. The first-order valence-corrected chi connectivity index (χ1v) is 10.8. The molecule has 0 radical (unpaired) electrons. The first-order valence-electron chi connectivity index (χ1n) is 10.8. The van der Waals surface area contributed by atoms with Crippen LogP contribution in [0.15, 0.2) is 64.7 Å². The minimum absolute atomic E-state index is 0.0130. The zero-order chi connectivity index (χ0) is 26.5. The quantitative estimate of drug-likeness (QED) is 0.150. The average molecular weight is 507 g/mol. The summed E-state index contributed by atoms with van der Waals surface area (Å²) in [5, 5.41) is 13.3. The number of non-ortho nitro benzene ring substituents is 1. The number of methoxy groups -OCH3 is 2. The first-order chi connectivity index (χ1) is 17.8. The molecule has 0 saturated carbocycles. The fourth-order valence-electron chi connectivity index (χ4n) is 3.48. The van der Waals surface area contributed by atoms with Crippen LogP contribution in [0.4, 0.5) is 10.5 Å². The average Bonchev–Trinajstić information content (AvgIpc) is 3.48. The van der Waals surface area contributed by atoms with Crippen LogP contribution in [0, 0.1) is 10.1 Å². The number of nitrogens with zero attached hydrogens (tertiary/aromatic N) is 2. The van der Waals surface area contributed by atoms with Gasteiger partial charge in [-0.25, -0.2) is 9.59 Å². The smallest absolute Gasteiger partial charge is 0.373 e. The Kier molecular flexibility index (Phi) is 7.19. The molecule has 2 heterocycles. The van der Waals surface area contributed by atoms with E-state index < -0.39 is 22.8 Å². The number of nitro groups is 1. The van der Waals surface area contributed by atoms with Crippen LogP contribution in [-0.2, 0) is 22.7 Å². The van der Waals surface area contributed by atoms with Crippen molar-refractivity contribution in [3.63, 3.8) is 0 Å². The highest BCUT2D eigenvalue weighted by Crippen LogP contribution is 2.30. The van der Waals surface area contributed by atoms with Gasteiger partial charge in [0, 0.05) is 12.1 Å². The molecular weight excluding hydrogens is 486 g/mol. The number of furan rings is 1. The summed E-state index contributed by atoms with van der Waals surface area (Å²) >= 11 is 0. The molecule has 1 aliphatic rings. The Morgan fingerprint density at radius 3 is 2.51 bits per heavy atom. The van der Waals surface area contributed by atoms with E-state index in [1.807, 2.05) is 0 Å². The van der Waals surface area contributed by atoms with Crippen LogP contribution in [0.1, 0.15) is 27.4 Å². The van der Waals surface area contributed by atoms with Crippen molar-refractivity contribution in [2.45, 2.75) is 13.2 Å². The minimum Gasteiger partial charge on any atom is -0.493 e. The lowest BCUT2D eigenvalue weighted by Crippen LogP contribution is -2.30. The van der Waals surface area contributed by atoms with E-state index in [9.17, 15) is 24.5 Å². The van der Waals surface area contributed by atoms with Crippen LogP contribution in [0.5, 0.6) is 11.5 Å². The number of amides is 3. The molecular formula is C25H21N3O9. The van der Waals surface area contributed by atoms with Gasteiger partial charge in [-0.2, -0.15) is 0 Å². The molecule has 37 heavy (non-hydrogen) atoms. The number of carbonyl (C=O) groups excluding carboxylic acids is 3. The van der Waals surface area contributed by atoms with Gasteiger partial charge in [0.1, 0.15) is 18.1 Å². The molecule has 2 aromatic carbocycles. The molecule has 190 valence electrons. The third-order valence-electron chi connectivity index (χ3n) is 5.36. The van der Waals surface area contributed by atoms with Crippen LogP contribution < -0.4 is 14.8 Å². The molecule has 1 saturated heterocycles. The van der Waals surface area contributed by atoms with Crippen molar-refractivity contribution >= 4 is 29.7 Å². The third kappa shape index (κ3) is 5.59. The highest BCUT2D eigenvalue weighted by Gasteiger charge is 2.34. The van der Waals surface area contributed by atoms with Crippen molar-refractivity contribution in [1.29, 1.82) is 0 Å². The van der Waals surface area contributed by atoms with Crippen molar-refractivity contribution in [3.05, 3.63) is 93.1 Å². The molecule has 12 heteroatoms. The standard InChI is InChI=1S/C25H21N3O9/c1-34-22-12-16(5-9-20(22)36-14-15-3-6-17(7-4-15)28(32)33)11-19-23(29)27(25(31)26-19)13-18-8-10-21(37-18)24(30)35-2/h3-12H,13-14H2,1-2H3,(H,26,31)/b19-11+. The molecule has 1 fully saturated rings. The lowest BCUT2D eigenvalue weighted by Gasteiger charge is -2.11. The number of rotatable bonds is 9. The van der Waals surface area contributed by atoms with Gasteiger partial charge in [-0.05, 0) is 53.6 Å². The minimum atomic E-state index is -0.668. The van der Waals surface area contributed by atoms with Gasteiger partial charge in [0.2, 0.25) is 5.76 Å². The maximum absolute atomic E-state index is 12.8. The number of carbonyl (C=O) groups is 3. The summed E-state index contributed by atoms with van der Waals surface area (Å²) in [7, 11) is 2.67. The number of nitro benzene ring substituents is 1. The Balaban J connectivity index is 1.44. The van der Waals surface area contributed by atoms with Gasteiger partial charge in [-0.3, -0.25) is 19.8 Å². The molecule has 3 amide bonds. The van der Waals surface area contributed by atoms with Gasteiger partial charge in [0.15, 0.2) is 11.5 Å². The van der Waals surface area contributed by atoms with Crippen LogP contribution in [0.25, 0.3) is 6.08 Å². The Morgan fingerprint density at radius 1 is 1.08 bits per heavy atom. The number of nitrogens with one attached hydrogen (secondary N) is 1. The Morgan fingerprint density at radius 2 is 1.84 bits per heavy atom. The monoisotopic (exact) mass is 507 g/mol. The largest absolute Gasteiger partial charge is 0.493 e. The SMILES string of the molecule is COC(=O)c1ccc(CN2C(=O)N/C(=C/c3ccc(OCc4ccc([N+](=O)[O-])cc4)c(OC)c3)C2=O)o1. The van der Waals surface area contributed by atoms with Crippen molar-refractivity contribution < 1.29 is 37.9 Å². The van der Waals surface area contributed by atoms with E-state index in [1.165, 1.54) is 44.6 Å². The molecule has 1 N–H and O–H groups in total. The number of hydrogen-bond donors (Lipinski definition) is 1. The fourth-order valence-corrected chi connectivity index (χ4v) is 3.48. The molecule has 0 bridgehead atoms. The number of urea groups is 1. The second-order valence-electron chi connectivity index (χ2n) is 7.76. The lowest BCUT2D eigenvalue weighted by molar-refractivity contribution is -0.384. The van der Waals surface area contributed by atoms with Crippen LogP contribution >= 0.6 is 0 Å². The van der Waals surface area contributed by atoms with Gasteiger partial charge in [-0.15, -0.1) is 0 Å². The van der Waals surface area contributed by atoms with E-state index >= 15 is 0 Å². The molecule has 12 nitrogen and oxygen atoms in total. The molecule has 0 atom stereocenters. The van der Waals surface area contributed by atoms with Crippen molar-refractivity contribution in [2.75, 3.05) is 14.2 Å². The molecule has 0 unspecified atom stereocenters. The number of hydrogen-bond acceptors (Lipinski definition) is 9. The zero-order valence-electron chi connectivity index (χ0n) is 19.8. The summed E-state index contributed by atoms with van der Waals surface area (Å²) < 4.78 is 21.1. The van der Waals surface area contributed by atoms with Crippen LogP contribution in [0.3, 0.4) is 0 Å². The summed E-state index contributed by atoms with van der Waals surface area (Å²) in [5.74, 6) is -0.234. The van der Waals surface area contributed by atoms with E-state index in [0.717, 1.165) is 10.5 Å². The van der Waals surface area contributed by atoms with Crippen molar-refractivity contribution in [2.24, 2.45) is 0 Å². The summed E-state index contributed by atoms with van der Waals surface area (Å²) in [5.41, 5.74) is 1.33.